The summed E-state index contributed by atoms with van der Waals surface area (Å²) in [5.74, 6) is 0.279. The van der Waals surface area contributed by atoms with Crippen molar-refractivity contribution in [3.8, 4) is 0 Å². The molecule has 1 aromatic heterocycles. The number of benzene rings is 2. The van der Waals surface area contributed by atoms with Gasteiger partial charge >= 0.3 is 0 Å². The van der Waals surface area contributed by atoms with E-state index in [1.54, 1.807) is 25.1 Å². The molecule has 0 saturated carbocycles. The number of imidazole rings is 1. The molecule has 134 valence electrons. The lowest BCUT2D eigenvalue weighted by Gasteiger charge is -2.12. The van der Waals surface area contributed by atoms with Crippen molar-refractivity contribution in [2.75, 3.05) is 6.54 Å². The number of para-hydroxylation sites is 2. The zero-order chi connectivity index (χ0) is 18.5. The number of allylic oxidation sites excluding steroid dienone is 1. The fourth-order valence-corrected chi connectivity index (χ4v) is 3.06. The van der Waals surface area contributed by atoms with E-state index >= 15 is 0 Å². The van der Waals surface area contributed by atoms with Crippen molar-refractivity contribution in [1.82, 2.24) is 14.9 Å². The second-order valence-electron chi connectivity index (χ2n) is 5.84. The van der Waals surface area contributed by atoms with Crippen molar-refractivity contribution in [2.24, 2.45) is 0 Å². The molecule has 1 amide bonds. The highest BCUT2D eigenvalue weighted by Crippen LogP contribution is 2.24. The predicted molar refractivity (Wildman–Crippen MR) is 102 cm³/mol. The van der Waals surface area contributed by atoms with Crippen molar-refractivity contribution in [3.05, 3.63) is 76.8 Å². The molecular weight excluding hydrogens is 353 g/mol. The molecule has 1 N–H and O–H groups in total. The molecule has 0 radical (unpaired) electrons. The lowest BCUT2D eigenvalue weighted by molar-refractivity contribution is -0.116. The number of rotatable bonds is 6. The van der Waals surface area contributed by atoms with Gasteiger partial charge in [-0.05, 0) is 37.3 Å². The molecule has 3 aromatic rings. The molecule has 0 spiro atoms. The van der Waals surface area contributed by atoms with Crippen molar-refractivity contribution < 1.29 is 9.18 Å². The normalized spacial score (nSPS) is 11.3. The number of halogens is 2. The van der Waals surface area contributed by atoms with Gasteiger partial charge in [0.25, 0.3) is 0 Å². The fourth-order valence-electron chi connectivity index (χ4n) is 2.84. The van der Waals surface area contributed by atoms with Gasteiger partial charge in [0.15, 0.2) is 0 Å². The maximum Gasteiger partial charge on any atom is 0.243 e. The minimum Gasteiger partial charge on any atom is -0.352 e. The first-order valence-corrected chi connectivity index (χ1v) is 8.75. The van der Waals surface area contributed by atoms with E-state index in [2.05, 4.69) is 10.3 Å². The summed E-state index contributed by atoms with van der Waals surface area (Å²) in [7, 11) is 0. The van der Waals surface area contributed by atoms with Crippen LogP contribution in [0.25, 0.3) is 11.0 Å². The Kier molecular flexibility index (Phi) is 5.68. The van der Waals surface area contributed by atoms with E-state index in [1.165, 1.54) is 12.1 Å². The molecule has 0 saturated heterocycles. The minimum atomic E-state index is -0.345. The summed E-state index contributed by atoms with van der Waals surface area (Å²) in [6.07, 6.45) is 3.69. The lowest BCUT2D eigenvalue weighted by Crippen LogP contribution is -2.24. The average Bonchev–Trinajstić information content (AvgIpc) is 2.96. The molecule has 0 aliphatic heterocycles. The van der Waals surface area contributed by atoms with Gasteiger partial charge in [-0.2, -0.15) is 0 Å². The number of carbonyl (C=O) groups excluding carboxylic acids is 1. The first kappa shape index (κ1) is 18.1. The second-order valence-corrected chi connectivity index (χ2v) is 6.25. The summed E-state index contributed by atoms with van der Waals surface area (Å²) in [6.45, 7) is 2.51. The molecule has 0 aliphatic carbocycles. The van der Waals surface area contributed by atoms with Crippen LogP contribution < -0.4 is 5.32 Å². The zero-order valence-electron chi connectivity index (χ0n) is 14.4. The average molecular weight is 372 g/mol. The van der Waals surface area contributed by atoms with Gasteiger partial charge in [0.2, 0.25) is 5.91 Å². The number of nitrogens with one attached hydrogen (secondary N) is 1. The number of hydrogen-bond donors (Lipinski definition) is 1. The van der Waals surface area contributed by atoms with Crippen LogP contribution in [0, 0.1) is 5.82 Å². The Balaban J connectivity index is 1.91. The van der Waals surface area contributed by atoms with Gasteiger partial charge in [0.1, 0.15) is 11.6 Å². The van der Waals surface area contributed by atoms with Crippen molar-refractivity contribution in [3.63, 3.8) is 0 Å². The monoisotopic (exact) mass is 371 g/mol. The molecule has 26 heavy (non-hydrogen) atoms. The molecule has 1 heterocycles. The van der Waals surface area contributed by atoms with Gasteiger partial charge in [-0.25, -0.2) is 9.37 Å². The summed E-state index contributed by atoms with van der Waals surface area (Å²) in [5.41, 5.74) is 2.16. The Morgan fingerprint density at radius 2 is 2.08 bits per heavy atom. The number of fused-ring (bicyclic) bond motifs is 1. The third kappa shape index (κ3) is 3.94. The highest BCUT2D eigenvalue weighted by molar-refractivity contribution is 6.31. The van der Waals surface area contributed by atoms with Gasteiger partial charge < -0.3 is 9.88 Å². The van der Waals surface area contributed by atoms with Crippen LogP contribution in [0.4, 0.5) is 4.39 Å². The van der Waals surface area contributed by atoms with Crippen molar-refractivity contribution >= 4 is 28.5 Å². The zero-order valence-corrected chi connectivity index (χ0v) is 15.1. The van der Waals surface area contributed by atoms with Crippen LogP contribution in [0.3, 0.4) is 0 Å². The van der Waals surface area contributed by atoms with E-state index < -0.39 is 0 Å². The maximum atomic E-state index is 14.2. The first-order valence-electron chi connectivity index (χ1n) is 8.37. The third-order valence-electron chi connectivity index (χ3n) is 4.08. The third-order valence-corrected chi connectivity index (χ3v) is 4.43. The topological polar surface area (TPSA) is 46.9 Å². The number of aromatic nitrogens is 2. The van der Waals surface area contributed by atoms with Gasteiger partial charge in [0, 0.05) is 23.6 Å². The summed E-state index contributed by atoms with van der Waals surface area (Å²) in [5, 5.41) is 3.20. The SMILES string of the molecule is C/C=C/C(=O)NCCc1nc2ccccc2n1Cc1c(F)cccc1Cl. The molecule has 2 aromatic carbocycles. The largest absolute Gasteiger partial charge is 0.352 e. The molecular formula is C20H19ClFN3O. The Bertz CT molecular complexity index is 945. The summed E-state index contributed by atoms with van der Waals surface area (Å²) < 4.78 is 16.2. The fraction of sp³-hybridized carbons (Fsp3) is 0.200. The molecule has 0 fully saturated rings. The number of carbonyl (C=O) groups is 1. The smallest absolute Gasteiger partial charge is 0.243 e. The molecule has 6 heteroatoms. The molecule has 0 bridgehead atoms. The van der Waals surface area contributed by atoms with Crippen LogP contribution in [0.15, 0.2) is 54.6 Å². The van der Waals surface area contributed by atoms with E-state index in [0.717, 1.165) is 16.9 Å². The van der Waals surface area contributed by atoms with Crippen LogP contribution in [0.1, 0.15) is 18.3 Å². The molecule has 4 nitrogen and oxygen atoms in total. The number of amides is 1. The van der Waals surface area contributed by atoms with Crippen LogP contribution in [-0.4, -0.2) is 22.0 Å². The Hall–Kier alpha value is -2.66. The van der Waals surface area contributed by atoms with Crippen LogP contribution in [0.2, 0.25) is 5.02 Å². The van der Waals surface area contributed by atoms with Gasteiger partial charge in [0.05, 0.1) is 17.6 Å². The molecule has 0 unspecified atom stereocenters. The quantitative estimate of drug-likeness (QED) is 0.663. The van der Waals surface area contributed by atoms with Gasteiger partial charge in [-0.1, -0.05) is 35.9 Å². The summed E-state index contributed by atoms with van der Waals surface area (Å²) >= 11 is 6.19. The highest BCUT2D eigenvalue weighted by Gasteiger charge is 2.14. The lowest BCUT2D eigenvalue weighted by atomic mass is 10.2. The summed E-state index contributed by atoms with van der Waals surface area (Å²) in [6, 6.07) is 12.3. The number of hydrogen-bond acceptors (Lipinski definition) is 2. The van der Waals surface area contributed by atoms with Gasteiger partial charge in [-0.3, -0.25) is 4.79 Å². The minimum absolute atomic E-state index is 0.146. The maximum absolute atomic E-state index is 14.2. The first-order chi connectivity index (χ1) is 12.6. The van der Waals surface area contributed by atoms with Crippen molar-refractivity contribution in [2.45, 2.75) is 19.9 Å². The Morgan fingerprint density at radius 1 is 1.27 bits per heavy atom. The second kappa shape index (κ2) is 8.15. The van der Waals surface area contributed by atoms with E-state index in [1.807, 2.05) is 28.8 Å². The van der Waals surface area contributed by atoms with Crippen molar-refractivity contribution in [1.29, 1.82) is 0 Å². The van der Waals surface area contributed by atoms with E-state index in [0.29, 0.717) is 23.6 Å². The Labute approximate surface area is 156 Å². The molecule has 0 aliphatic rings. The van der Waals surface area contributed by atoms with Crippen LogP contribution in [0.5, 0.6) is 0 Å². The molecule has 0 atom stereocenters. The van der Waals surface area contributed by atoms with Crippen LogP contribution >= 0.6 is 11.6 Å². The predicted octanol–water partition coefficient (Wildman–Crippen LogP) is 4.11. The number of nitrogens with zero attached hydrogens (tertiary/aromatic N) is 2. The standard InChI is InChI=1S/C20H19ClFN3O/c1-2-6-20(26)23-12-11-19-24-17-9-3-4-10-18(17)25(19)13-14-15(21)7-5-8-16(14)22/h2-10H,11-13H2,1H3,(H,23,26)/b6-2+. The molecule has 3 rings (SSSR count). The highest BCUT2D eigenvalue weighted by atomic mass is 35.5. The summed E-state index contributed by atoms with van der Waals surface area (Å²) in [4.78, 5) is 16.2. The van der Waals surface area contributed by atoms with E-state index in [4.69, 9.17) is 11.6 Å². The van der Waals surface area contributed by atoms with E-state index in [-0.39, 0.29) is 18.3 Å². The Morgan fingerprint density at radius 3 is 2.85 bits per heavy atom. The van der Waals surface area contributed by atoms with Crippen LogP contribution in [-0.2, 0) is 17.8 Å². The van der Waals surface area contributed by atoms with E-state index in [9.17, 15) is 9.18 Å². The van der Waals surface area contributed by atoms with Gasteiger partial charge in [-0.15, -0.1) is 0 Å².